The molecule has 1 aliphatic rings. The van der Waals surface area contributed by atoms with E-state index in [4.69, 9.17) is 10.2 Å². The molecular formula is C8H15NO5S. The van der Waals surface area contributed by atoms with E-state index in [0.717, 1.165) is 0 Å². The molecule has 0 spiro atoms. The van der Waals surface area contributed by atoms with Crippen molar-refractivity contribution in [1.82, 2.24) is 4.72 Å². The standard InChI is InChI=1S/C8H15NO5S/c10-6-8(3-4-8)9-15(13,14)5-1-2-7(11)12/h9-10H,1-6H2,(H,11,12). The van der Waals surface area contributed by atoms with Crippen LogP contribution in [0.4, 0.5) is 0 Å². The van der Waals surface area contributed by atoms with Crippen LogP contribution in [0.3, 0.4) is 0 Å². The van der Waals surface area contributed by atoms with Crippen molar-refractivity contribution < 1.29 is 23.4 Å². The number of sulfonamides is 1. The maximum atomic E-state index is 11.4. The summed E-state index contributed by atoms with van der Waals surface area (Å²) in [4.78, 5) is 10.2. The molecule has 0 aromatic carbocycles. The minimum Gasteiger partial charge on any atom is -0.481 e. The van der Waals surface area contributed by atoms with Crippen LogP contribution in [0.25, 0.3) is 0 Å². The summed E-state index contributed by atoms with van der Waals surface area (Å²) in [6, 6.07) is 0. The molecule has 1 rings (SSSR count). The van der Waals surface area contributed by atoms with E-state index in [1.807, 2.05) is 0 Å². The van der Waals surface area contributed by atoms with Gasteiger partial charge in [0.15, 0.2) is 0 Å². The van der Waals surface area contributed by atoms with Gasteiger partial charge in [0.25, 0.3) is 0 Å². The van der Waals surface area contributed by atoms with Crippen molar-refractivity contribution in [2.45, 2.75) is 31.2 Å². The van der Waals surface area contributed by atoms with Gasteiger partial charge in [-0.25, -0.2) is 13.1 Å². The topological polar surface area (TPSA) is 104 Å². The van der Waals surface area contributed by atoms with Gasteiger partial charge in [0, 0.05) is 6.42 Å². The second-order valence-corrected chi connectivity index (χ2v) is 5.70. The van der Waals surface area contributed by atoms with Crippen LogP contribution in [0.1, 0.15) is 25.7 Å². The van der Waals surface area contributed by atoms with E-state index >= 15 is 0 Å². The van der Waals surface area contributed by atoms with Gasteiger partial charge in [-0.15, -0.1) is 0 Å². The lowest BCUT2D eigenvalue weighted by atomic mass is 10.3. The SMILES string of the molecule is O=C(O)CCCS(=O)(=O)NC1(CO)CC1. The van der Waals surface area contributed by atoms with Crippen LogP contribution in [-0.2, 0) is 14.8 Å². The lowest BCUT2D eigenvalue weighted by molar-refractivity contribution is -0.137. The highest BCUT2D eigenvalue weighted by molar-refractivity contribution is 7.89. The van der Waals surface area contributed by atoms with Crippen LogP contribution >= 0.6 is 0 Å². The van der Waals surface area contributed by atoms with E-state index in [1.54, 1.807) is 0 Å². The van der Waals surface area contributed by atoms with E-state index in [0.29, 0.717) is 12.8 Å². The van der Waals surface area contributed by atoms with E-state index < -0.39 is 21.5 Å². The highest BCUT2D eigenvalue weighted by Crippen LogP contribution is 2.35. The fourth-order valence-corrected chi connectivity index (χ4v) is 2.79. The molecule has 0 aromatic heterocycles. The first kappa shape index (κ1) is 12.4. The predicted octanol–water partition coefficient (Wildman–Crippen LogP) is -0.704. The average Bonchev–Trinajstić information content (AvgIpc) is 2.83. The third kappa shape index (κ3) is 4.15. The number of carboxylic acids is 1. The van der Waals surface area contributed by atoms with Crippen LogP contribution < -0.4 is 4.72 Å². The zero-order valence-electron chi connectivity index (χ0n) is 8.27. The summed E-state index contributed by atoms with van der Waals surface area (Å²) in [7, 11) is -3.46. The van der Waals surface area contributed by atoms with Crippen LogP contribution in [0.5, 0.6) is 0 Å². The quantitative estimate of drug-likeness (QED) is 0.543. The number of aliphatic hydroxyl groups is 1. The van der Waals surface area contributed by atoms with Crippen LogP contribution in [0, 0.1) is 0 Å². The zero-order chi connectivity index (χ0) is 11.5. The number of aliphatic hydroxyl groups excluding tert-OH is 1. The molecule has 0 amide bonds. The number of carbonyl (C=O) groups is 1. The molecule has 0 saturated heterocycles. The molecule has 0 aliphatic heterocycles. The lowest BCUT2D eigenvalue weighted by Gasteiger charge is -2.13. The number of aliphatic carboxylic acids is 1. The molecule has 0 radical (unpaired) electrons. The van der Waals surface area contributed by atoms with Gasteiger partial charge >= 0.3 is 5.97 Å². The molecule has 88 valence electrons. The third-order valence-electron chi connectivity index (χ3n) is 2.33. The Hall–Kier alpha value is -0.660. The number of hydrogen-bond acceptors (Lipinski definition) is 4. The number of rotatable bonds is 7. The number of hydrogen-bond donors (Lipinski definition) is 3. The fraction of sp³-hybridized carbons (Fsp3) is 0.875. The normalized spacial score (nSPS) is 18.7. The monoisotopic (exact) mass is 237 g/mol. The molecule has 0 bridgehead atoms. The molecule has 3 N–H and O–H groups in total. The Labute approximate surface area is 88.3 Å². The van der Waals surface area contributed by atoms with Crippen molar-refractivity contribution in [3.8, 4) is 0 Å². The molecule has 1 saturated carbocycles. The Bertz CT molecular complexity index is 333. The first-order valence-corrected chi connectivity index (χ1v) is 6.39. The first-order chi connectivity index (χ1) is 6.89. The largest absolute Gasteiger partial charge is 0.481 e. The summed E-state index contributed by atoms with van der Waals surface area (Å²) in [6.45, 7) is -0.203. The van der Waals surface area contributed by atoms with Crippen molar-refractivity contribution in [3.05, 3.63) is 0 Å². The van der Waals surface area contributed by atoms with E-state index in [1.165, 1.54) is 0 Å². The highest BCUT2D eigenvalue weighted by atomic mass is 32.2. The van der Waals surface area contributed by atoms with Gasteiger partial charge < -0.3 is 10.2 Å². The van der Waals surface area contributed by atoms with E-state index in [9.17, 15) is 13.2 Å². The molecule has 6 nitrogen and oxygen atoms in total. The zero-order valence-corrected chi connectivity index (χ0v) is 9.09. The molecule has 1 fully saturated rings. The minimum atomic E-state index is -3.46. The van der Waals surface area contributed by atoms with Gasteiger partial charge in [0.2, 0.25) is 10.0 Å². The van der Waals surface area contributed by atoms with Crippen LogP contribution in [-0.4, -0.2) is 42.5 Å². The Morgan fingerprint density at radius 3 is 2.40 bits per heavy atom. The van der Waals surface area contributed by atoms with Crippen molar-refractivity contribution in [2.24, 2.45) is 0 Å². The summed E-state index contributed by atoms with van der Waals surface area (Å²) in [6.07, 6.45) is 1.21. The van der Waals surface area contributed by atoms with E-state index in [2.05, 4.69) is 4.72 Å². The maximum absolute atomic E-state index is 11.4. The van der Waals surface area contributed by atoms with Gasteiger partial charge in [-0.05, 0) is 19.3 Å². The Morgan fingerprint density at radius 2 is 2.00 bits per heavy atom. The average molecular weight is 237 g/mol. The van der Waals surface area contributed by atoms with Gasteiger partial charge in [-0.2, -0.15) is 0 Å². The smallest absolute Gasteiger partial charge is 0.303 e. The summed E-state index contributed by atoms with van der Waals surface area (Å²) < 4.78 is 25.2. The summed E-state index contributed by atoms with van der Waals surface area (Å²) >= 11 is 0. The van der Waals surface area contributed by atoms with Crippen molar-refractivity contribution >= 4 is 16.0 Å². The summed E-state index contributed by atoms with van der Waals surface area (Å²) in [5.74, 6) is -1.21. The Balaban J connectivity index is 2.36. The summed E-state index contributed by atoms with van der Waals surface area (Å²) in [5.41, 5.74) is -0.665. The maximum Gasteiger partial charge on any atom is 0.303 e. The Morgan fingerprint density at radius 1 is 1.40 bits per heavy atom. The molecule has 7 heteroatoms. The fourth-order valence-electron chi connectivity index (χ4n) is 1.24. The van der Waals surface area contributed by atoms with Crippen molar-refractivity contribution in [1.29, 1.82) is 0 Å². The summed E-state index contributed by atoms with van der Waals surface area (Å²) in [5, 5.41) is 17.3. The molecule has 15 heavy (non-hydrogen) atoms. The van der Waals surface area contributed by atoms with Crippen molar-refractivity contribution in [3.63, 3.8) is 0 Å². The van der Waals surface area contributed by atoms with Gasteiger partial charge in [-0.1, -0.05) is 0 Å². The third-order valence-corrected chi connectivity index (χ3v) is 3.90. The van der Waals surface area contributed by atoms with Crippen LogP contribution in [0.15, 0.2) is 0 Å². The molecule has 0 heterocycles. The van der Waals surface area contributed by atoms with E-state index in [-0.39, 0.29) is 25.2 Å². The number of carboxylic acid groups (broad SMARTS) is 1. The Kier molecular flexibility index (Phi) is 3.69. The minimum absolute atomic E-state index is 0.0895. The second-order valence-electron chi connectivity index (χ2n) is 3.86. The highest BCUT2D eigenvalue weighted by Gasteiger charge is 2.45. The molecular weight excluding hydrogens is 222 g/mol. The van der Waals surface area contributed by atoms with Crippen molar-refractivity contribution in [2.75, 3.05) is 12.4 Å². The van der Waals surface area contributed by atoms with Gasteiger partial charge in [-0.3, -0.25) is 4.79 Å². The van der Waals surface area contributed by atoms with Gasteiger partial charge in [0.1, 0.15) is 0 Å². The van der Waals surface area contributed by atoms with Crippen LogP contribution in [0.2, 0.25) is 0 Å². The molecule has 0 atom stereocenters. The molecule has 0 unspecified atom stereocenters. The first-order valence-electron chi connectivity index (χ1n) is 4.73. The number of nitrogens with one attached hydrogen (secondary N) is 1. The second kappa shape index (κ2) is 4.46. The van der Waals surface area contributed by atoms with Gasteiger partial charge in [0.05, 0.1) is 17.9 Å². The predicted molar refractivity (Wildman–Crippen MR) is 52.8 cm³/mol. The molecule has 0 aromatic rings. The lowest BCUT2D eigenvalue weighted by Crippen LogP contribution is -2.40. The molecule has 1 aliphatic carbocycles.